The molecule has 0 bridgehead atoms. The van der Waals surface area contributed by atoms with Crippen molar-refractivity contribution < 1.29 is 4.39 Å². The van der Waals surface area contributed by atoms with Gasteiger partial charge >= 0.3 is 0 Å². The van der Waals surface area contributed by atoms with Crippen molar-refractivity contribution in [2.75, 3.05) is 5.73 Å². The maximum absolute atomic E-state index is 13.4. The van der Waals surface area contributed by atoms with Gasteiger partial charge in [0.15, 0.2) is 0 Å². The highest BCUT2D eigenvalue weighted by Gasteiger charge is 2.10. The average molecular weight is 239 g/mol. The molecule has 0 aliphatic rings. The smallest absolute Gasteiger partial charge is 0.222 e. The molecule has 0 aromatic carbocycles. The third kappa shape index (κ3) is 2.09. The molecule has 82 valence electrons. The van der Waals surface area contributed by atoms with Crippen molar-refractivity contribution in [1.82, 2.24) is 15.0 Å². The second-order valence-corrected chi connectivity index (χ2v) is 3.65. The number of pyridine rings is 1. The number of halogens is 2. The second kappa shape index (κ2) is 4.02. The fraction of sp³-hybridized carbons (Fsp3) is 0.100. The number of rotatable bonds is 1. The van der Waals surface area contributed by atoms with Crippen LogP contribution >= 0.6 is 11.6 Å². The number of aromatic nitrogens is 3. The van der Waals surface area contributed by atoms with E-state index in [0.717, 1.165) is 0 Å². The van der Waals surface area contributed by atoms with Gasteiger partial charge in [0.2, 0.25) is 5.95 Å². The zero-order valence-corrected chi connectivity index (χ0v) is 9.16. The molecule has 0 saturated heterocycles. The molecule has 2 heterocycles. The van der Waals surface area contributed by atoms with Gasteiger partial charge in [-0.15, -0.1) is 0 Å². The van der Waals surface area contributed by atoms with Gasteiger partial charge in [-0.2, -0.15) is 4.39 Å². The first kappa shape index (κ1) is 10.8. The predicted molar refractivity (Wildman–Crippen MR) is 59.4 cm³/mol. The molecule has 2 N–H and O–H groups in total. The molecule has 0 spiro atoms. The first-order valence-electron chi connectivity index (χ1n) is 4.49. The Morgan fingerprint density at radius 3 is 2.75 bits per heavy atom. The van der Waals surface area contributed by atoms with Crippen molar-refractivity contribution >= 4 is 17.4 Å². The number of anilines is 1. The summed E-state index contributed by atoms with van der Waals surface area (Å²) in [6, 6.07) is 2.93. The van der Waals surface area contributed by atoms with Crippen molar-refractivity contribution in [2.24, 2.45) is 0 Å². The lowest BCUT2D eigenvalue weighted by atomic mass is 10.2. The van der Waals surface area contributed by atoms with E-state index in [4.69, 9.17) is 17.3 Å². The van der Waals surface area contributed by atoms with Crippen LogP contribution in [0.4, 0.5) is 10.2 Å². The van der Waals surface area contributed by atoms with Crippen molar-refractivity contribution in [1.29, 1.82) is 0 Å². The molecule has 0 fully saturated rings. The average Bonchev–Trinajstić information content (AvgIpc) is 2.20. The Kier molecular flexibility index (Phi) is 2.70. The normalized spacial score (nSPS) is 10.4. The Labute approximate surface area is 96.3 Å². The van der Waals surface area contributed by atoms with Crippen LogP contribution in [0.3, 0.4) is 0 Å². The lowest BCUT2D eigenvalue weighted by molar-refractivity contribution is 0.587. The minimum atomic E-state index is -0.637. The van der Waals surface area contributed by atoms with E-state index < -0.39 is 5.95 Å². The minimum Gasteiger partial charge on any atom is -0.384 e. The number of nitrogens with two attached hydrogens (primary N) is 1. The van der Waals surface area contributed by atoms with Crippen molar-refractivity contribution in [3.63, 3.8) is 0 Å². The Morgan fingerprint density at radius 1 is 1.31 bits per heavy atom. The molecule has 0 unspecified atom stereocenters. The molecular weight excluding hydrogens is 231 g/mol. The zero-order valence-electron chi connectivity index (χ0n) is 8.41. The van der Waals surface area contributed by atoms with Gasteiger partial charge in [-0.3, -0.25) is 0 Å². The molecule has 2 rings (SSSR count). The quantitative estimate of drug-likeness (QED) is 0.774. The van der Waals surface area contributed by atoms with Gasteiger partial charge in [0.05, 0.1) is 16.3 Å². The van der Waals surface area contributed by atoms with E-state index in [1.165, 1.54) is 18.3 Å². The topological polar surface area (TPSA) is 64.7 Å². The Bertz CT molecular complexity index is 524. The molecule has 0 amide bonds. The Hall–Kier alpha value is -1.75. The van der Waals surface area contributed by atoms with Crippen LogP contribution in [-0.4, -0.2) is 15.0 Å². The van der Waals surface area contributed by atoms with Gasteiger partial charge in [-0.25, -0.2) is 15.0 Å². The monoisotopic (exact) mass is 238 g/mol. The predicted octanol–water partition coefficient (Wildman–Crippen LogP) is 2.22. The zero-order chi connectivity index (χ0) is 11.7. The van der Waals surface area contributed by atoms with Crippen LogP contribution in [-0.2, 0) is 0 Å². The van der Waals surface area contributed by atoms with E-state index in [9.17, 15) is 4.39 Å². The number of aryl methyl sites for hydroxylation is 1. The SMILES string of the molecule is Cc1nc(N)cc(-c2cc(Cl)cnc2F)n1. The summed E-state index contributed by atoms with van der Waals surface area (Å²) in [6.07, 6.45) is 1.23. The molecule has 0 aliphatic heterocycles. The summed E-state index contributed by atoms with van der Waals surface area (Å²) in [7, 11) is 0. The summed E-state index contributed by atoms with van der Waals surface area (Å²) in [4.78, 5) is 11.5. The molecular formula is C10H8ClFN4. The highest BCUT2D eigenvalue weighted by Crippen LogP contribution is 2.23. The van der Waals surface area contributed by atoms with Crippen LogP contribution in [0.1, 0.15) is 5.82 Å². The molecule has 0 saturated carbocycles. The van der Waals surface area contributed by atoms with Crippen LogP contribution in [0.5, 0.6) is 0 Å². The van der Waals surface area contributed by atoms with Crippen LogP contribution < -0.4 is 5.73 Å². The summed E-state index contributed by atoms with van der Waals surface area (Å²) in [5.74, 6) is 0.109. The van der Waals surface area contributed by atoms with E-state index in [1.807, 2.05) is 0 Å². The summed E-state index contributed by atoms with van der Waals surface area (Å²) in [5.41, 5.74) is 6.14. The van der Waals surface area contributed by atoms with Crippen LogP contribution in [0.15, 0.2) is 18.3 Å². The van der Waals surface area contributed by atoms with E-state index in [1.54, 1.807) is 6.92 Å². The van der Waals surface area contributed by atoms with Crippen molar-refractivity contribution in [2.45, 2.75) is 6.92 Å². The second-order valence-electron chi connectivity index (χ2n) is 3.22. The molecule has 2 aromatic rings. The minimum absolute atomic E-state index is 0.213. The summed E-state index contributed by atoms with van der Waals surface area (Å²) < 4.78 is 13.4. The van der Waals surface area contributed by atoms with Gasteiger partial charge in [0.25, 0.3) is 0 Å². The van der Waals surface area contributed by atoms with Gasteiger partial charge in [0.1, 0.15) is 11.6 Å². The van der Waals surface area contributed by atoms with E-state index in [0.29, 0.717) is 16.5 Å². The van der Waals surface area contributed by atoms with Crippen LogP contribution in [0, 0.1) is 12.9 Å². The third-order valence-corrected chi connectivity index (χ3v) is 2.15. The van der Waals surface area contributed by atoms with Crippen molar-refractivity contribution in [3.8, 4) is 11.3 Å². The third-order valence-electron chi connectivity index (χ3n) is 1.94. The van der Waals surface area contributed by atoms with Gasteiger partial charge in [-0.05, 0) is 13.0 Å². The summed E-state index contributed by atoms with van der Waals surface area (Å²) in [5, 5.41) is 0.339. The fourth-order valence-corrected chi connectivity index (χ4v) is 1.49. The van der Waals surface area contributed by atoms with Gasteiger partial charge in [0, 0.05) is 12.3 Å². The van der Waals surface area contributed by atoms with Gasteiger partial charge < -0.3 is 5.73 Å². The Balaban J connectivity index is 2.62. The molecule has 4 nitrogen and oxygen atoms in total. The van der Waals surface area contributed by atoms with Crippen LogP contribution in [0.25, 0.3) is 11.3 Å². The molecule has 0 atom stereocenters. The maximum atomic E-state index is 13.4. The number of nitrogen functional groups attached to an aromatic ring is 1. The highest BCUT2D eigenvalue weighted by molar-refractivity contribution is 6.30. The van der Waals surface area contributed by atoms with Crippen LogP contribution in [0.2, 0.25) is 5.02 Å². The highest BCUT2D eigenvalue weighted by atomic mass is 35.5. The van der Waals surface area contributed by atoms with Crippen molar-refractivity contribution in [3.05, 3.63) is 35.1 Å². The lowest BCUT2D eigenvalue weighted by Crippen LogP contribution is -1.99. The number of nitrogens with zero attached hydrogens (tertiary/aromatic N) is 3. The lowest BCUT2D eigenvalue weighted by Gasteiger charge is -2.04. The largest absolute Gasteiger partial charge is 0.384 e. The van der Waals surface area contributed by atoms with E-state index in [-0.39, 0.29) is 11.4 Å². The molecule has 0 aliphatic carbocycles. The summed E-state index contributed by atoms with van der Waals surface area (Å²) >= 11 is 5.74. The summed E-state index contributed by atoms with van der Waals surface area (Å²) in [6.45, 7) is 1.68. The number of hydrogen-bond donors (Lipinski definition) is 1. The molecule has 16 heavy (non-hydrogen) atoms. The maximum Gasteiger partial charge on any atom is 0.222 e. The number of hydrogen-bond acceptors (Lipinski definition) is 4. The van der Waals surface area contributed by atoms with E-state index >= 15 is 0 Å². The first-order chi connectivity index (χ1) is 7.56. The van der Waals surface area contributed by atoms with E-state index in [2.05, 4.69) is 15.0 Å². The Morgan fingerprint density at radius 2 is 2.06 bits per heavy atom. The fourth-order valence-electron chi connectivity index (χ4n) is 1.33. The molecule has 6 heteroatoms. The molecule has 0 radical (unpaired) electrons. The standard InChI is InChI=1S/C10H8ClFN4/c1-5-15-8(3-9(13)16-5)7-2-6(11)4-14-10(7)12/h2-4H,1H3,(H2,13,15,16). The van der Waals surface area contributed by atoms with Gasteiger partial charge in [-0.1, -0.05) is 11.6 Å². The molecule has 2 aromatic heterocycles. The first-order valence-corrected chi connectivity index (χ1v) is 4.86.